The van der Waals surface area contributed by atoms with E-state index in [-0.39, 0.29) is 0 Å². The first-order valence-corrected chi connectivity index (χ1v) is 7.89. The topological polar surface area (TPSA) is 12.0 Å². The van der Waals surface area contributed by atoms with Crippen LogP contribution in [0.2, 0.25) is 0 Å². The second kappa shape index (κ2) is 4.72. The Labute approximate surface area is 135 Å². The maximum absolute atomic E-state index is 3.49. The predicted octanol–water partition coefficient (Wildman–Crippen LogP) is 6.23. The first-order chi connectivity index (χ1) is 11.4. The van der Waals surface area contributed by atoms with Crippen molar-refractivity contribution in [3.8, 4) is 22.3 Å². The second-order valence-corrected chi connectivity index (χ2v) is 5.96. The van der Waals surface area contributed by atoms with Gasteiger partial charge in [0.15, 0.2) is 0 Å². The van der Waals surface area contributed by atoms with Gasteiger partial charge in [0.2, 0.25) is 0 Å². The van der Waals surface area contributed by atoms with Gasteiger partial charge in [0.25, 0.3) is 0 Å². The van der Waals surface area contributed by atoms with Gasteiger partial charge < -0.3 is 5.32 Å². The molecular formula is C22H15N. The summed E-state index contributed by atoms with van der Waals surface area (Å²) in [6, 6.07) is 30.1. The maximum atomic E-state index is 3.49. The van der Waals surface area contributed by atoms with E-state index in [9.17, 15) is 0 Å². The molecule has 108 valence electrons. The van der Waals surface area contributed by atoms with Gasteiger partial charge in [-0.15, -0.1) is 0 Å². The lowest BCUT2D eigenvalue weighted by atomic mass is 10.0. The third-order valence-electron chi connectivity index (χ3n) is 4.57. The van der Waals surface area contributed by atoms with Crippen molar-refractivity contribution in [2.45, 2.75) is 0 Å². The van der Waals surface area contributed by atoms with Gasteiger partial charge in [0.05, 0.1) is 0 Å². The van der Waals surface area contributed by atoms with Crippen molar-refractivity contribution in [2.24, 2.45) is 0 Å². The monoisotopic (exact) mass is 293 g/mol. The van der Waals surface area contributed by atoms with E-state index in [2.05, 4.69) is 72.0 Å². The summed E-state index contributed by atoms with van der Waals surface area (Å²) in [4.78, 5) is 0. The molecule has 1 aliphatic rings. The van der Waals surface area contributed by atoms with Crippen LogP contribution in [-0.4, -0.2) is 0 Å². The van der Waals surface area contributed by atoms with Crippen LogP contribution in [0, 0.1) is 0 Å². The molecule has 0 amide bonds. The average Bonchev–Trinajstić information content (AvgIpc) is 2.92. The van der Waals surface area contributed by atoms with Crippen LogP contribution >= 0.6 is 0 Å². The summed E-state index contributed by atoms with van der Waals surface area (Å²) in [6.45, 7) is 0. The van der Waals surface area contributed by atoms with Crippen LogP contribution < -0.4 is 5.32 Å². The SMILES string of the molecule is c1ccc(Nc2ccc3c(c2)-c2cccc4cccc-3c24)cc1. The van der Waals surface area contributed by atoms with Crippen molar-refractivity contribution < 1.29 is 0 Å². The summed E-state index contributed by atoms with van der Waals surface area (Å²) in [5.41, 5.74) is 7.57. The number of rotatable bonds is 2. The molecule has 0 spiro atoms. The summed E-state index contributed by atoms with van der Waals surface area (Å²) in [5.74, 6) is 0. The molecule has 0 aromatic heterocycles. The quantitative estimate of drug-likeness (QED) is 0.407. The third-order valence-corrected chi connectivity index (χ3v) is 4.57. The van der Waals surface area contributed by atoms with Crippen LogP contribution in [0.25, 0.3) is 33.0 Å². The zero-order valence-electron chi connectivity index (χ0n) is 12.6. The Morgan fingerprint density at radius 2 is 1.22 bits per heavy atom. The van der Waals surface area contributed by atoms with Crippen molar-refractivity contribution in [1.29, 1.82) is 0 Å². The lowest BCUT2D eigenvalue weighted by Crippen LogP contribution is -1.90. The predicted molar refractivity (Wildman–Crippen MR) is 98.1 cm³/mol. The molecule has 0 radical (unpaired) electrons. The van der Waals surface area contributed by atoms with Gasteiger partial charge >= 0.3 is 0 Å². The molecule has 0 heterocycles. The molecular weight excluding hydrogens is 278 g/mol. The summed E-state index contributed by atoms with van der Waals surface area (Å²) in [5, 5.41) is 6.18. The molecule has 0 fully saturated rings. The van der Waals surface area contributed by atoms with Crippen molar-refractivity contribution in [1.82, 2.24) is 0 Å². The molecule has 5 rings (SSSR count). The molecule has 0 saturated carbocycles. The molecule has 1 aliphatic carbocycles. The van der Waals surface area contributed by atoms with E-state index >= 15 is 0 Å². The minimum atomic E-state index is 1.11. The Hall–Kier alpha value is -3.06. The van der Waals surface area contributed by atoms with E-state index in [1.165, 1.54) is 33.0 Å². The highest BCUT2D eigenvalue weighted by molar-refractivity contribution is 6.15. The Morgan fingerprint density at radius 3 is 2.00 bits per heavy atom. The number of hydrogen-bond acceptors (Lipinski definition) is 1. The van der Waals surface area contributed by atoms with E-state index in [4.69, 9.17) is 0 Å². The highest BCUT2D eigenvalue weighted by atomic mass is 14.9. The van der Waals surface area contributed by atoms with E-state index in [1.54, 1.807) is 0 Å². The zero-order chi connectivity index (χ0) is 15.2. The van der Waals surface area contributed by atoms with Gasteiger partial charge in [0.1, 0.15) is 0 Å². The normalized spacial score (nSPS) is 11.5. The molecule has 4 aromatic rings. The number of fused-ring (bicyclic) bond motifs is 3. The van der Waals surface area contributed by atoms with E-state index in [1.807, 2.05) is 18.2 Å². The maximum Gasteiger partial charge on any atom is 0.0390 e. The average molecular weight is 293 g/mol. The molecule has 1 heteroatoms. The largest absolute Gasteiger partial charge is 0.356 e. The number of nitrogens with one attached hydrogen (secondary N) is 1. The Kier molecular flexibility index (Phi) is 2.56. The smallest absolute Gasteiger partial charge is 0.0390 e. The lowest BCUT2D eigenvalue weighted by Gasteiger charge is -2.09. The van der Waals surface area contributed by atoms with Crippen molar-refractivity contribution in [3.05, 3.63) is 84.9 Å². The van der Waals surface area contributed by atoms with Crippen LogP contribution in [0.4, 0.5) is 11.4 Å². The minimum absolute atomic E-state index is 1.11. The van der Waals surface area contributed by atoms with E-state index < -0.39 is 0 Å². The summed E-state index contributed by atoms with van der Waals surface area (Å²) in [6.07, 6.45) is 0. The first-order valence-electron chi connectivity index (χ1n) is 7.89. The van der Waals surface area contributed by atoms with Crippen molar-refractivity contribution in [2.75, 3.05) is 5.32 Å². The van der Waals surface area contributed by atoms with Gasteiger partial charge in [-0.2, -0.15) is 0 Å². The number of hydrogen-bond donors (Lipinski definition) is 1. The molecule has 0 unspecified atom stereocenters. The van der Waals surface area contributed by atoms with Crippen molar-refractivity contribution >= 4 is 22.1 Å². The molecule has 23 heavy (non-hydrogen) atoms. The molecule has 4 aromatic carbocycles. The van der Waals surface area contributed by atoms with E-state index in [0.29, 0.717) is 0 Å². The van der Waals surface area contributed by atoms with Crippen molar-refractivity contribution in [3.63, 3.8) is 0 Å². The van der Waals surface area contributed by atoms with Gasteiger partial charge in [-0.1, -0.05) is 60.7 Å². The van der Waals surface area contributed by atoms with Crippen LogP contribution in [0.1, 0.15) is 0 Å². The molecule has 1 nitrogen and oxygen atoms in total. The van der Waals surface area contributed by atoms with Crippen LogP contribution in [-0.2, 0) is 0 Å². The van der Waals surface area contributed by atoms with Crippen LogP contribution in [0.5, 0.6) is 0 Å². The second-order valence-electron chi connectivity index (χ2n) is 5.96. The van der Waals surface area contributed by atoms with E-state index in [0.717, 1.165) is 11.4 Å². The Bertz CT molecular complexity index is 1030. The summed E-state index contributed by atoms with van der Waals surface area (Å²) >= 11 is 0. The van der Waals surface area contributed by atoms with Gasteiger partial charge in [-0.3, -0.25) is 0 Å². The molecule has 0 bridgehead atoms. The highest BCUT2D eigenvalue weighted by Gasteiger charge is 2.20. The standard InChI is InChI=1S/C22H15N/c1-2-8-16(9-3-1)23-17-12-13-18-19-10-4-6-15-7-5-11-20(22(15)19)21(18)14-17/h1-14,23H. The Morgan fingerprint density at radius 1 is 0.478 bits per heavy atom. The molecule has 1 N–H and O–H groups in total. The third kappa shape index (κ3) is 1.87. The molecule has 0 atom stereocenters. The number of benzene rings is 4. The Balaban J connectivity index is 1.67. The lowest BCUT2D eigenvalue weighted by molar-refractivity contribution is 1.55. The minimum Gasteiger partial charge on any atom is -0.356 e. The van der Waals surface area contributed by atoms with Crippen LogP contribution in [0.3, 0.4) is 0 Å². The van der Waals surface area contributed by atoms with Gasteiger partial charge in [-0.05, 0) is 57.3 Å². The fourth-order valence-electron chi connectivity index (χ4n) is 3.56. The van der Waals surface area contributed by atoms with Crippen LogP contribution in [0.15, 0.2) is 84.9 Å². The summed E-state index contributed by atoms with van der Waals surface area (Å²) in [7, 11) is 0. The van der Waals surface area contributed by atoms with Gasteiger partial charge in [-0.25, -0.2) is 0 Å². The molecule has 0 aliphatic heterocycles. The molecule has 0 saturated heterocycles. The zero-order valence-corrected chi connectivity index (χ0v) is 12.6. The fraction of sp³-hybridized carbons (Fsp3) is 0. The number of para-hydroxylation sites is 1. The first kappa shape index (κ1) is 12.5. The fourth-order valence-corrected chi connectivity index (χ4v) is 3.56. The number of anilines is 2. The summed E-state index contributed by atoms with van der Waals surface area (Å²) < 4.78 is 0. The highest BCUT2D eigenvalue weighted by Crippen LogP contribution is 2.47. The van der Waals surface area contributed by atoms with Gasteiger partial charge in [0, 0.05) is 11.4 Å².